The normalized spacial score (nSPS) is 14.2. The fourth-order valence-corrected chi connectivity index (χ4v) is 2.41. The molecule has 1 atom stereocenters. The molecule has 1 aromatic rings. The molecular formula is C14H26N2. The van der Waals surface area contributed by atoms with Crippen LogP contribution in [0.1, 0.15) is 70.8 Å². The molecule has 16 heavy (non-hydrogen) atoms. The first-order valence-electron chi connectivity index (χ1n) is 6.40. The first-order valence-corrected chi connectivity index (χ1v) is 6.40. The van der Waals surface area contributed by atoms with Crippen molar-refractivity contribution in [1.82, 2.24) is 9.78 Å². The Morgan fingerprint density at radius 3 is 2.12 bits per heavy atom. The Labute approximate surface area is 100 Å². The molecule has 1 unspecified atom stereocenters. The van der Waals surface area contributed by atoms with E-state index >= 15 is 0 Å². The lowest BCUT2D eigenvalue weighted by Gasteiger charge is -2.21. The summed E-state index contributed by atoms with van der Waals surface area (Å²) in [5.74, 6) is 0.564. The minimum atomic E-state index is 0.179. The number of hydrogen-bond donors (Lipinski definition) is 0. The van der Waals surface area contributed by atoms with E-state index in [-0.39, 0.29) is 5.41 Å². The van der Waals surface area contributed by atoms with Crippen LogP contribution in [0.15, 0.2) is 0 Å². The predicted molar refractivity (Wildman–Crippen MR) is 70.0 cm³/mol. The van der Waals surface area contributed by atoms with Gasteiger partial charge in [0.05, 0.1) is 5.69 Å². The van der Waals surface area contributed by atoms with Gasteiger partial charge >= 0.3 is 0 Å². The second kappa shape index (κ2) is 4.60. The van der Waals surface area contributed by atoms with Gasteiger partial charge in [-0.15, -0.1) is 0 Å². The maximum atomic E-state index is 4.78. The van der Waals surface area contributed by atoms with Crippen molar-refractivity contribution >= 4 is 0 Å². The topological polar surface area (TPSA) is 17.8 Å². The van der Waals surface area contributed by atoms with Gasteiger partial charge in [-0.2, -0.15) is 5.10 Å². The lowest BCUT2D eigenvalue weighted by molar-refractivity contribution is 0.493. The second-order valence-electron chi connectivity index (χ2n) is 5.73. The summed E-state index contributed by atoms with van der Waals surface area (Å²) >= 11 is 0. The van der Waals surface area contributed by atoms with Crippen molar-refractivity contribution in [3.05, 3.63) is 17.0 Å². The van der Waals surface area contributed by atoms with Gasteiger partial charge in [-0.3, -0.25) is 4.68 Å². The molecular weight excluding hydrogens is 196 g/mol. The maximum Gasteiger partial charge on any atom is 0.0684 e. The minimum absolute atomic E-state index is 0.179. The van der Waals surface area contributed by atoms with E-state index in [1.807, 2.05) is 0 Å². The van der Waals surface area contributed by atoms with E-state index < -0.39 is 0 Å². The van der Waals surface area contributed by atoms with Gasteiger partial charge in [0.2, 0.25) is 0 Å². The van der Waals surface area contributed by atoms with Crippen molar-refractivity contribution in [1.29, 1.82) is 0 Å². The number of nitrogens with zero attached hydrogens (tertiary/aromatic N) is 2. The van der Waals surface area contributed by atoms with Gasteiger partial charge in [-0.1, -0.05) is 34.6 Å². The van der Waals surface area contributed by atoms with Gasteiger partial charge in [0, 0.05) is 23.6 Å². The summed E-state index contributed by atoms with van der Waals surface area (Å²) in [6, 6.07) is 0. The number of hydrogen-bond acceptors (Lipinski definition) is 1. The molecule has 1 aromatic heterocycles. The van der Waals surface area contributed by atoms with Gasteiger partial charge in [0.25, 0.3) is 0 Å². The summed E-state index contributed by atoms with van der Waals surface area (Å²) in [5, 5.41) is 4.78. The smallest absolute Gasteiger partial charge is 0.0684 e. The molecule has 2 heteroatoms. The Morgan fingerprint density at radius 2 is 1.81 bits per heavy atom. The van der Waals surface area contributed by atoms with Crippen LogP contribution < -0.4 is 0 Å². The summed E-state index contributed by atoms with van der Waals surface area (Å²) in [4.78, 5) is 0. The van der Waals surface area contributed by atoms with Gasteiger partial charge in [-0.05, 0) is 25.8 Å². The molecule has 2 nitrogen and oxygen atoms in total. The van der Waals surface area contributed by atoms with Crippen LogP contribution in [0.3, 0.4) is 0 Å². The van der Waals surface area contributed by atoms with Gasteiger partial charge in [0.1, 0.15) is 0 Å². The fourth-order valence-electron chi connectivity index (χ4n) is 2.41. The molecule has 0 aliphatic carbocycles. The molecule has 0 N–H and O–H groups in total. The van der Waals surface area contributed by atoms with E-state index in [1.165, 1.54) is 17.0 Å². The third-order valence-corrected chi connectivity index (χ3v) is 3.32. The molecule has 0 fully saturated rings. The van der Waals surface area contributed by atoms with Crippen molar-refractivity contribution in [2.24, 2.45) is 0 Å². The van der Waals surface area contributed by atoms with E-state index in [4.69, 9.17) is 5.10 Å². The number of aryl methyl sites for hydroxylation is 1. The molecule has 0 radical (unpaired) electrons. The fraction of sp³-hybridized carbons (Fsp3) is 0.786. The summed E-state index contributed by atoms with van der Waals surface area (Å²) in [6.45, 7) is 16.7. The van der Waals surface area contributed by atoms with E-state index in [1.54, 1.807) is 0 Å². The monoisotopic (exact) mass is 222 g/mol. The highest BCUT2D eigenvalue weighted by atomic mass is 15.3. The van der Waals surface area contributed by atoms with E-state index in [0.29, 0.717) is 5.92 Å². The van der Waals surface area contributed by atoms with Gasteiger partial charge < -0.3 is 0 Å². The number of aromatic nitrogens is 2. The highest BCUT2D eigenvalue weighted by Crippen LogP contribution is 2.31. The lowest BCUT2D eigenvalue weighted by Crippen LogP contribution is -2.19. The van der Waals surface area contributed by atoms with Crippen molar-refractivity contribution < 1.29 is 0 Å². The van der Waals surface area contributed by atoms with Crippen LogP contribution in [-0.4, -0.2) is 9.78 Å². The Hall–Kier alpha value is -0.790. The zero-order valence-corrected chi connectivity index (χ0v) is 11.9. The van der Waals surface area contributed by atoms with Crippen molar-refractivity contribution in [3.8, 4) is 0 Å². The quantitative estimate of drug-likeness (QED) is 0.755. The van der Waals surface area contributed by atoms with Crippen LogP contribution in [0.2, 0.25) is 0 Å². The van der Waals surface area contributed by atoms with Crippen molar-refractivity contribution in [2.75, 3.05) is 0 Å². The van der Waals surface area contributed by atoms with Crippen molar-refractivity contribution in [2.45, 2.75) is 72.8 Å². The second-order valence-corrected chi connectivity index (χ2v) is 5.73. The number of rotatable bonds is 3. The Morgan fingerprint density at radius 1 is 1.25 bits per heavy atom. The first kappa shape index (κ1) is 13.3. The molecule has 0 amide bonds. The average Bonchev–Trinajstić information content (AvgIpc) is 2.53. The molecule has 0 aliphatic rings. The standard InChI is InChI=1S/C14H26N2/c1-8-10(3)12-11(4)13(14(5,6)7)16(9-2)15-12/h10H,8-9H2,1-7H3. The molecule has 0 saturated heterocycles. The van der Waals surface area contributed by atoms with Crippen LogP contribution >= 0.6 is 0 Å². The molecule has 0 spiro atoms. The molecule has 0 aromatic carbocycles. The Kier molecular flexibility index (Phi) is 3.82. The molecule has 1 rings (SSSR count). The molecule has 92 valence electrons. The third-order valence-electron chi connectivity index (χ3n) is 3.32. The van der Waals surface area contributed by atoms with Crippen LogP contribution in [-0.2, 0) is 12.0 Å². The van der Waals surface area contributed by atoms with E-state index in [0.717, 1.165) is 13.0 Å². The van der Waals surface area contributed by atoms with E-state index in [2.05, 4.69) is 53.1 Å². The summed E-state index contributed by atoms with van der Waals surface area (Å²) in [5.41, 5.74) is 4.25. The van der Waals surface area contributed by atoms with E-state index in [9.17, 15) is 0 Å². The lowest BCUT2D eigenvalue weighted by atomic mass is 9.87. The highest BCUT2D eigenvalue weighted by molar-refractivity contribution is 5.32. The van der Waals surface area contributed by atoms with Gasteiger partial charge in [-0.25, -0.2) is 0 Å². The van der Waals surface area contributed by atoms with Crippen LogP contribution in [0.4, 0.5) is 0 Å². The van der Waals surface area contributed by atoms with Crippen molar-refractivity contribution in [3.63, 3.8) is 0 Å². The Balaban J connectivity index is 3.33. The molecule has 0 saturated carbocycles. The maximum absolute atomic E-state index is 4.78. The summed E-state index contributed by atoms with van der Waals surface area (Å²) in [6.07, 6.45) is 1.16. The van der Waals surface area contributed by atoms with Crippen LogP contribution in [0.25, 0.3) is 0 Å². The third kappa shape index (κ3) is 2.31. The zero-order valence-electron chi connectivity index (χ0n) is 11.9. The van der Waals surface area contributed by atoms with Crippen LogP contribution in [0, 0.1) is 6.92 Å². The highest BCUT2D eigenvalue weighted by Gasteiger charge is 2.25. The Bertz CT molecular complexity index is 356. The largest absolute Gasteiger partial charge is 0.269 e. The summed E-state index contributed by atoms with van der Waals surface area (Å²) in [7, 11) is 0. The zero-order chi connectivity index (χ0) is 12.5. The SMILES string of the molecule is CCC(C)c1nn(CC)c(C(C)(C)C)c1C. The van der Waals surface area contributed by atoms with Gasteiger partial charge in [0.15, 0.2) is 0 Å². The molecule has 0 bridgehead atoms. The predicted octanol–water partition coefficient (Wildman–Crippen LogP) is 4.02. The molecule has 0 aliphatic heterocycles. The summed E-state index contributed by atoms with van der Waals surface area (Å²) < 4.78 is 2.18. The first-order chi connectivity index (χ1) is 7.32. The van der Waals surface area contributed by atoms with Crippen LogP contribution in [0.5, 0.6) is 0 Å². The minimum Gasteiger partial charge on any atom is -0.269 e. The molecule has 1 heterocycles. The average molecular weight is 222 g/mol.